The van der Waals surface area contributed by atoms with Crippen molar-refractivity contribution in [3.05, 3.63) is 38.9 Å². The summed E-state index contributed by atoms with van der Waals surface area (Å²) >= 11 is 5.77. The van der Waals surface area contributed by atoms with Crippen LogP contribution >= 0.6 is 11.6 Å². The number of ether oxygens (including phenoxy) is 1. The van der Waals surface area contributed by atoms with E-state index in [2.05, 4.69) is 5.32 Å². The van der Waals surface area contributed by atoms with E-state index in [0.717, 1.165) is 6.54 Å². The molecule has 1 aromatic rings. The molecule has 0 bridgehead atoms. The van der Waals surface area contributed by atoms with Gasteiger partial charge in [-0.2, -0.15) is 0 Å². The van der Waals surface area contributed by atoms with E-state index in [1.807, 2.05) is 11.9 Å². The molecule has 8 heteroatoms. The van der Waals surface area contributed by atoms with Crippen LogP contribution in [0.15, 0.2) is 18.2 Å². The summed E-state index contributed by atoms with van der Waals surface area (Å²) in [6.45, 7) is 2.54. The number of hydrogen-bond donors (Lipinski definition) is 1. The minimum absolute atomic E-state index is 0.0511. The van der Waals surface area contributed by atoms with E-state index in [1.165, 1.54) is 18.2 Å². The number of rotatable bonds is 8. The van der Waals surface area contributed by atoms with Gasteiger partial charge in [0, 0.05) is 38.4 Å². The highest BCUT2D eigenvalue weighted by molar-refractivity contribution is 6.33. The number of nitro benzene ring substituents is 1. The third kappa shape index (κ3) is 5.66. The first-order chi connectivity index (χ1) is 9.95. The number of nitrogens with zero attached hydrogens (tertiary/aromatic N) is 2. The number of amides is 1. The quantitative estimate of drug-likeness (QED) is 0.581. The fourth-order valence-electron chi connectivity index (χ4n) is 1.62. The lowest BCUT2D eigenvalue weighted by Gasteiger charge is -2.16. The van der Waals surface area contributed by atoms with Crippen LogP contribution in [0.5, 0.6) is 0 Å². The fourth-order valence-corrected chi connectivity index (χ4v) is 1.87. The average Bonchev–Trinajstić information content (AvgIpc) is 2.44. The van der Waals surface area contributed by atoms with Crippen LogP contribution in [-0.2, 0) is 4.74 Å². The van der Waals surface area contributed by atoms with E-state index in [9.17, 15) is 14.9 Å². The monoisotopic (exact) mass is 315 g/mol. The van der Waals surface area contributed by atoms with Gasteiger partial charge < -0.3 is 15.0 Å². The molecule has 0 unspecified atom stereocenters. The predicted molar refractivity (Wildman–Crippen MR) is 79.8 cm³/mol. The van der Waals surface area contributed by atoms with Crippen molar-refractivity contribution in [2.45, 2.75) is 0 Å². The highest BCUT2D eigenvalue weighted by Crippen LogP contribution is 2.24. The Morgan fingerprint density at radius 3 is 2.76 bits per heavy atom. The Morgan fingerprint density at radius 1 is 1.48 bits per heavy atom. The summed E-state index contributed by atoms with van der Waals surface area (Å²) in [6, 6.07) is 3.90. The lowest BCUT2D eigenvalue weighted by atomic mass is 10.2. The molecule has 0 heterocycles. The van der Waals surface area contributed by atoms with Crippen LogP contribution in [0.1, 0.15) is 10.4 Å². The number of methoxy groups -OCH3 is 1. The van der Waals surface area contributed by atoms with E-state index in [4.69, 9.17) is 16.3 Å². The lowest BCUT2D eigenvalue weighted by Crippen LogP contribution is -2.34. The summed E-state index contributed by atoms with van der Waals surface area (Å²) in [5, 5.41) is 13.3. The number of nitrogens with one attached hydrogen (secondary N) is 1. The van der Waals surface area contributed by atoms with Crippen molar-refractivity contribution < 1.29 is 14.5 Å². The van der Waals surface area contributed by atoms with Crippen molar-refractivity contribution in [1.29, 1.82) is 0 Å². The van der Waals surface area contributed by atoms with Crippen molar-refractivity contribution >= 4 is 23.2 Å². The third-order valence-corrected chi connectivity index (χ3v) is 3.17. The molecule has 7 nitrogen and oxygen atoms in total. The first-order valence-corrected chi connectivity index (χ1v) is 6.73. The van der Waals surface area contributed by atoms with E-state index in [0.29, 0.717) is 25.3 Å². The molecule has 0 radical (unpaired) electrons. The number of benzene rings is 1. The molecule has 0 aliphatic rings. The Labute approximate surface area is 128 Å². The number of likely N-dealkylation sites (N-methyl/N-ethyl adjacent to an activating group) is 1. The Kier molecular flexibility index (Phi) is 7.07. The molecule has 1 aromatic carbocycles. The second-order valence-electron chi connectivity index (χ2n) is 4.48. The highest BCUT2D eigenvalue weighted by atomic mass is 35.5. The van der Waals surface area contributed by atoms with Crippen molar-refractivity contribution in [2.75, 3.05) is 40.4 Å². The number of hydrogen-bond acceptors (Lipinski definition) is 5. The standard InChI is InChI=1S/C13H18ClN3O4/c1-16(7-8-21-2)6-5-15-13(18)10-3-4-12(17(19)20)11(14)9-10/h3-4,9H,5-8H2,1-2H3,(H,15,18). The van der Waals surface area contributed by atoms with Gasteiger partial charge in [-0.1, -0.05) is 11.6 Å². The Balaban J connectivity index is 2.49. The SMILES string of the molecule is COCCN(C)CCNC(=O)c1ccc([N+](=O)[O-])c(Cl)c1. The average molecular weight is 316 g/mol. The fraction of sp³-hybridized carbons (Fsp3) is 0.462. The maximum absolute atomic E-state index is 11.9. The molecule has 0 atom stereocenters. The smallest absolute Gasteiger partial charge is 0.287 e. The van der Waals surface area contributed by atoms with Gasteiger partial charge in [0.1, 0.15) is 5.02 Å². The van der Waals surface area contributed by atoms with Gasteiger partial charge in [-0.15, -0.1) is 0 Å². The number of halogens is 1. The van der Waals surface area contributed by atoms with Crippen LogP contribution in [0.25, 0.3) is 0 Å². The number of nitro groups is 1. The zero-order valence-corrected chi connectivity index (χ0v) is 12.7. The molecule has 1 amide bonds. The molecule has 0 aliphatic carbocycles. The molecule has 116 valence electrons. The molecular weight excluding hydrogens is 298 g/mol. The molecule has 0 aromatic heterocycles. The third-order valence-electron chi connectivity index (χ3n) is 2.86. The molecule has 0 saturated heterocycles. The minimum Gasteiger partial charge on any atom is -0.383 e. The summed E-state index contributed by atoms with van der Waals surface area (Å²) in [4.78, 5) is 24.0. The van der Waals surface area contributed by atoms with Crippen LogP contribution < -0.4 is 5.32 Å². The van der Waals surface area contributed by atoms with Crippen LogP contribution in [-0.4, -0.2) is 56.1 Å². The molecule has 0 saturated carbocycles. The number of carbonyl (C=O) groups excluding carboxylic acids is 1. The first kappa shape index (κ1) is 17.4. The second kappa shape index (κ2) is 8.56. The molecule has 0 fully saturated rings. The Morgan fingerprint density at radius 2 is 2.19 bits per heavy atom. The summed E-state index contributed by atoms with van der Waals surface area (Å²) in [7, 11) is 3.56. The van der Waals surface area contributed by atoms with Gasteiger partial charge in [-0.05, 0) is 19.2 Å². The van der Waals surface area contributed by atoms with Gasteiger partial charge in [0.2, 0.25) is 0 Å². The van der Waals surface area contributed by atoms with Gasteiger partial charge in [-0.25, -0.2) is 0 Å². The largest absolute Gasteiger partial charge is 0.383 e. The van der Waals surface area contributed by atoms with Crippen LogP contribution in [0.2, 0.25) is 5.02 Å². The van der Waals surface area contributed by atoms with E-state index < -0.39 is 4.92 Å². The zero-order chi connectivity index (χ0) is 15.8. The Bertz CT molecular complexity index is 510. The van der Waals surface area contributed by atoms with E-state index >= 15 is 0 Å². The molecular formula is C13H18ClN3O4. The van der Waals surface area contributed by atoms with Crippen molar-refractivity contribution in [3.63, 3.8) is 0 Å². The second-order valence-corrected chi connectivity index (χ2v) is 4.88. The van der Waals surface area contributed by atoms with Crippen molar-refractivity contribution in [1.82, 2.24) is 10.2 Å². The van der Waals surface area contributed by atoms with Crippen LogP contribution in [0.4, 0.5) is 5.69 Å². The van der Waals surface area contributed by atoms with Gasteiger partial charge in [0.15, 0.2) is 0 Å². The zero-order valence-electron chi connectivity index (χ0n) is 12.0. The highest BCUT2D eigenvalue weighted by Gasteiger charge is 2.15. The van der Waals surface area contributed by atoms with Gasteiger partial charge in [0.25, 0.3) is 11.6 Å². The van der Waals surface area contributed by atoms with Gasteiger partial charge >= 0.3 is 0 Å². The number of carbonyl (C=O) groups is 1. The molecule has 0 aliphatic heterocycles. The Hall–Kier alpha value is -1.70. The van der Waals surface area contributed by atoms with Gasteiger partial charge in [0.05, 0.1) is 11.5 Å². The maximum atomic E-state index is 11.9. The molecule has 0 spiro atoms. The minimum atomic E-state index is -0.589. The normalized spacial score (nSPS) is 10.7. The maximum Gasteiger partial charge on any atom is 0.287 e. The van der Waals surface area contributed by atoms with Crippen LogP contribution in [0.3, 0.4) is 0 Å². The molecule has 21 heavy (non-hydrogen) atoms. The molecule has 1 rings (SSSR count). The first-order valence-electron chi connectivity index (χ1n) is 6.35. The predicted octanol–water partition coefficient (Wildman–Crippen LogP) is 1.56. The van der Waals surface area contributed by atoms with Gasteiger partial charge in [-0.3, -0.25) is 14.9 Å². The summed E-state index contributed by atoms with van der Waals surface area (Å²) in [5.74, 6) is -0.313. The van der Waals surface area contributed by atoms with Crippen molar-refractivity contribution in [2.24, 2.45) is 0 Å². The molecule has 1 N–H and O–H groups in total. The van der Waals surface area contributed by atoms with E-state index in [-0.39, 0.29) is 16.6 Å². The van der Waals surface area contributed by atoms with E-state index in [1.54, 1.807) is 7.11 Å². The summed E-state index contributed by atoms with van der Waals surface area (Å²) < 4.78 is 4.95. The summed E-state index contributed by atoms with van der Waals surface area (Å²) in [6.07, 6.45) is 0. The van der Waals surface area contributed by atoms with Crippen molar-refractivity contribution in [3.8, 4) is 0 Å². The topological polar surface area (TPSA) is 84.7 Å². The summed E-state index contributed by atoms with van der Waals surface area (Å²) in [5.41, 5.74) is 0.0812. The lowest BCUT2D eigenvalue weighted by molar-refractivity contribution is -0.384. The van der Waals surface area contributed by atoms with Crippen LogP contribution in [0, 0.1) is 10.1 Å².